The fourth-order valence-electron chi connectivity index (χ4n) is 1.55. The molecule has 19 heavy (non-hydrogen) atoms. The lowest BCUT2D eigenvalue weighted by atomic mass is 10.2. The van der Waals surface area contributed by atoms with Crippen molar-refractivity contribution < 1.29 is 22.8 Å². The van der Waals surface area contributed by atoms with E-state index in [1.54, 1.807) is 0 Å². The van der Waals surface area contributed by atoms with E-state index in [1.165, 1.54) is 12.1 Å². The van der Waals surface area contributed by atoms with Crippen molar-refractivity contribution in [2.45, 2.75) is 11.5 Å². The number of aromatic hydroxyl groups is 1. The fourth-order valence-corrected chi connectivity index (χ4v) is 2.20. The van der Waals surface area contributed by atoms with Gasteiger partial charge < -0.3 is 9.84 Å². The predicted octanol–water partition coefficient (Wildman–Crippen LogP) is 2.22. The number of rotatable bonds is 4. The van der Waals surface area contributed by atoms with Crippen molar-refractivity contribution in [3.63, 3.8) is 0 Å². The zero-order valence-electron chi connectivity index (χ0n) is 9.85. The van der Waals surface area contributed by atoms with E-state index in [0.29, 0.717) is 0 Å². The van der Waals surface area contributed by atoms with Crippen molar-refractivity contribution >= 4 is 10.1 Å². The summed E-state index contributed by atoms with van der Waals surface area (Å²) in [6.45, 7) is 0.161. The van der Waals surface area contributed by atoms with Gasteiger partial charge in [0.15, 0.2) is 0 Å². The summed E-state index contributed by atoms with van der Waals surface area (Å²) < 4.78 is 36.8. The Balaban J connectivity index is 2.26. The van der Waals surface area contributed by atoms with Crippen molar-refractivity contribution in [2.24, 2.45) is 0 Å². The lowest BCUT2D eigenvalue weighted by Gasteiger charge is -2.10. The normalized spacial score (nSPS) is 11.2. The molecule has 0 aliphatic rings. The molecule has 0 saturated carbocycles. The molecule has 0 saturated heterocycles. The minimum absolute atomic E-state index is 0.0100. The van der Waals surface area contributed by atoms with Crippen molar-refractivity contribution in [3.05, 3.63) is 54.1 Å². The standard InChI is InChI=1S/C13H12O5S/c14-11-6-7-12(13(8-11)19(15,16)17)18-9-10-4-2-1-3-5-10/h1-8,14H,9H2,(H,15,16,17). The lowest BCUT2D eigenvalue weighted by molar-refractivity contribution is 0.295. The summed E-state index contributed by atoms with van der Waals surface area (Å²) in [5, 5.41) is 9.25. The Bertz CT molecular complexity index is 665. The van der Waals surface area contributed by atoms with E-state index in [2.05, 4.69) is 0 Å². The molecule has 5 nitrogen and oxygen atoms in total. The van der Waals surface area contributed by atoms with E-state index >= 15 is 0 Å². The van der Waals surface area contributed by atoms with Crippen LogP contribution in [0.5, 0.6) is 11.5 Å². The minimum atomic E-state index is -4.45. The zero-order chi connectivity index (χ0) is 13.9. The van der Waals surface area contributed by atoms with Crippen molar-refractivity contribution in [2.75, 3.05) is 0 Å². The first kappa shape index (κ1) is 13.4. The second kappa shape index (κ2) is 5.29. The maximum Gasteiger partial charge on any atom is 0.298 e. The summed E-state index contributed by atoms with van der Waals surface area (Å²) >= 11 is 0. The summed E-state index contributed by atoms with van der Waals surface area (Å²) in [5.74, 6) is -0.274. The smallest absolute Gasteiger partial charge is 0.298 e. The molecule has 2 rings (SSSR count). The molecule has 6 heteroatoms. The highest BCUT2D eigenvalue weighted by Crippen LogP contribution is 2.28. The van der Waals surface area contributed by atoms with Crippen LogP contribution in [0.3, 0.4) is 0 Å². The summed E-state index contributed by atoms with van der Waals surface area (Å²) in [4.78, 5) is -0.455. The SMILES string of the molecule is O=S(=O)(O)c1cc(O)ccc1OCc1ccccc1. The molecule has 0 heterocycles. The Hall–Kier alpha value is -2.05. The maximum absolute atomic E-state index is 11.2. The third kappa shape index (κ3) is 3.46. The largest absolute Gasteiger partial charge is 0.508 e. The summed E-state index contributed by atoms with van der Waals surface area (Å²) in [7, 11) is -4.45. The molecule has 0 spiro atoms. The molecule has 0 aliphatic heterocycles. The number of ether oxygens (including phenoxy) is 1. The van der Waals surface area contributed by atoms with E-state index in [-0.39, 0.29) is 18.1 Å². The maximum atomic E-state index is 11.2. The third-order valence-electron chi connectivity index (χ3n) is 2.44. The first-order valence-electron chi connectivity index (χ1n) is 5.44. The van der Waals surface area contributed by atoms with Crippen molar-refractivity contribution in [1.29, 1.82) is 0 Å². The second-order valence-corrected chi connectivity index (χ2v) is 5.27. The van der Waals surface area contributed by atoms with Crippen LogP contribution >= 0.6 is 0 Å². The summed E-state index contributed by atoms with van der Waals surface area (Å²) in [6, 6.07) is 12.7. The van der Waals surface area contributed by atoms with Crippen LogP contribution in [0.25, 0.3) is 0 Å². The van der Waals surface area contributed by atoms with Gasteiger partial charge in [-0.2, -0.15) is 8.42 Å². The highest BCUT2D eigenvalue weighted by Gasteiger charge is 2.17. The van der Waals surface area contributed by atoms with Gasteiger partial charge in [0.2, 0.25) is 0 Å². The summed E-state index contributed by atoms with van der Waals surface area (Å²) in [5.41, 5.74) is 0.858. The number of phenolic OH excluding ortho intramolecular Hbond substituents is 1. The molecule has 0 aliphatic carbocycles. The van der Waals surface area contributed by atoms with E-state index in [0.717, 1.165) is 11.6 Å². The number of benzene rings is 2. The predicted molar refractivity (Wildman–Crippen MR) is 68.7 cm³/mol. The van der Waals surface area contributed by atoms with E-state index in [4.69, 9.17) is 9.29 Å². The fraction of sp³-hybridized carbons (Fsp3) is 0.0769. The molecule has 0 bridgehead atoms. The van der Waals surface area contributed by atoms with E-state index in [1.807, 2.05) is 30.3 Å². The molecule has 0 atom stereocenters. The van der Waals surface area contributed by atoms with Crippen LogP contribution < -0.4 is 4.74 Å². The number of hydrogen-bond donors (Lipinski definition) is 2. The molecule has 0 radical (unpaired) electrons. The molecule has 2 aromatic carbocycles. The van der Waals surface area contributed by atoms with E-state index < -0.39 is 15.0 Å². The minimum Gasteiger partial charge on any atom is -0.508 e. The molecule has 2 N–H and O–H groups in total. The highest BCUT2D eigenvalue weighted by atomic mass is 32.2. The topological polar surface area (TPSA) is 83.8 Å². The molecular formula is C13H12O5S. The van der Waals surface area contributed by atoms with Gasteiger partial charge >= 0.3 is 0 Å². The van der Waals surface area contributed by atoms with Gasteiger partial charge in [-0.1, -0.05) is 30.3 Å². The van der Waals surface area contributed by atoms with Gasteiger partial charge in [-0.05, 0) is 17.7 Å². The van der Waals surface area contributed by atoms with Gasteiger partial charge in [0.05, 0.1) is 0 Å². The van der Waals surface area contributed by atoms with Crippen LogP contribution in [-0.2, 0) is 16.7 Å². The van der Waals surface area contributed by atoms with Crippen LogP contribution in [0.4, 0.5) is 0 Å². The average Bonchev–Trinajstić information content (AvgIpc) is 2.37. The molecule has 0 aromatic heterocycles. The van der Waals surface area contributed by atoms with Crippen LogP contribution in [0.1, 0.15) is 5.56 Å². The number of hydrogen-bond acceptors (Lipinski definition) is 4. The Labute approximate surface area is 110 Å². The molecular weight excluding hydrogens is 268 g/mol. The quantitative estimate of drug-likeness (QED) is 0.839. The Kier molecular flexibility index (Phi) is 3.73. The van der Waals surface area contributed by atoms with Gasteiger partial charge in [-0.15, -0.1) is 0 Å². The Morgan fingerprint density at radius 1 is 1.05 bits per heavy atom. The molecule has 100 valence electrons. The van der Waals surface area contributed by atoms with Gasteiger partial charge in [0.1, 0.15) is 23.0 Å². The van der Waals surface area contributed by atoms with Crippen LogP contribution in [0.2, 0.25) is 0 Å². The third-order valence-corrected chi connectivity index (χ3v) is 3.32. The molecule has 0 unspecified atom stereocenters. The van der Waals surface area contributed by atoms with E-state index in [9.17, 15) is 13.5 Å². The van der Waals surface area contributed by atoms with Gasteiger partial charge in [0, 0.05) is 6.07 Å². The molecule has 0 amide bonds. The van der Waals surface area contributed by atoms with Crippen LogP contribution in [-0.4, -0.2) is 18.1 Å². The lowest BCUT2D eigenvalue weighted by Crippen LogP contribution is -2.03. The Morgan fingerprint density at radius 3 is 2.37 bits per heavy atom. The summed E-state index contributed by atoms with van der Waals surface area (Å²) in [6.07, 6.45) is 0. The van der Waals surface area contributed by atoms with Gasteiger partial charge in [-0.3, -0.25) is 4.55 Å². The van der Waals surface area contributed by atoms with Gasteiger partial charge in [0.25, 0.3) is 10.1 Å². The van der Waals surface area contributed by atoms with Crippen molar-refractivity contribution in [1.82, 2.24) is 0 Å². The number of phenols is 1. The van der Waals surface area contributed by atoms with Gasteiger partial charge in [-0.25, -0.2) is 0 Å². The first-order chi connectivity index (χ1) is 8.97. The Morgan fingerprint density at radius 2 is 1.74 bits per heavy atom. The molecule has 0 fully saturated rings. The monoisotopic (exact) mass is 280 g/mol. The van der Waals surface area contributed by atoms with Crippen LogP contribution in [0, 0.1) is 0 Å². The average molecular weight is 280 g/mol. The zero-order valence-corrected chi connectivity index (χ0v) is 10.7. The highest BCUT2D eigenvalue weighted by molar-refractivity contribution is 7.86. The first-order valence-corrected chi connectivity index (χ1v) is 6.88. The molecule has 2 aromatic rings. The van der Waals surface area contributed by atoms with Crippen LogP contribution in [0.15, 0.2) is 53.4 Å². The van der Waals surface area contributed by atoms with Crippen molar-refractivity contribution in [3.8, 4) is 11.5 Å². The second-order valence-electron chi connectivity index (χ2n) is 3.88.